The van der Waals surface area contributed by atoms with Crippen LogP contribution in [0.15, 0.2) is 18.6 Å². The van der Waals surface area contributed by atoms with Crippen LogP contribution in [0.1, 0.15) is 31.4 Å². The highest BCUT2D eigenvalue weighted by Crippen LogP contribution is 2.28. The summed E-state index contributed by atoms with van der Waals surface area (Å²) >= 11 is 0. The zero-order valence-corrected chi connectivity index (χ0v) is 13.4. The average Bonchev–Trinajstić information content (AvgIpc) is 2.55. The van der Waals surface area contributed by atoms with Gasteiger partial charge in [0.15, 0.2) is 5.60 Å². The van der Waals surface area contributed by atoms with Gasteiger partial charge in [-0.15, -0.1) is 0 Å². The summed E-state index contributed by atoms with van der Waals surface area (Å²) in [5.74, 6) is 0.551. The van der Waals surface area contributed by atoms with Gasteiger partial charge >= 0.3 is 0 Å². The molecular weight excluding hydrogens is 280 g/mol. The lowest BCUT2D eigenvalue weighted by Gasteiger charge is -2.42. The average molecular weight is 304 g/mol. The fourth-order valence-electron chi connectivity index (χ4n) is 3.45. The van der Waals surface area contributed by atoms with Crippen LogP contribution in [0.2, 0.25) is 0 Å². The predicted molar refractivity (Wildman–Crippen MR) is 82.4 cm³/mol. The zero-order chi connectivity index (χ0) is 15.6. The van der Waals surface area contributed by atoms with Crippen LogP contribution in [0.5, 0.6) is 0 Å². The number of rotatable bonds is 2. The zero-order valence-electron chi connectivity index (χ0n) is 13.4. The van der Waals surface area contributed by atoms with Crippen molar-refractivity contribution in [2.45, 2.75) is 31.3 Å². The van der Waals surface area contributed by atoms with Crippen molar-refractivity contribution in [3.8, 4) is 0 Å². The summed E-state index contributed by atoms with van der Waals surface area (Å²) < 4.78 is 5.81. The molecule has 0 saturated carbocycles. The van der Waals surface area contributed by atoms with Crippen molar-refractivity contribution < 1.29 is 9.53 Å². The SMILES string of the molecule is CN1CCOC(C)(C(=O)N2CCC(c3ccncn3)CC2)C1. The highest BCUT2D eigenvalue weighted by molar-refractivity contribution is 5.85. The Kier molecular flexibility index (Phi) is 4.40. The Labute approximate surface area is 131 Å². The van der Waals surface area contributed by atoms with Crippen molar-refractivity contribution >= 4 is 5.91 Å². The maximum absolute atomic E-state index is 12.8. The second-order valence-electron chi connectivity index (χ2n) is 6.52. The first kappa shape index (κ1) is 15.4. The number of likely N-dealkylation sites (N-methyl/N-ethyl adjacent to an activating group) is 1. The van der Waals surface area contributed by atoms with Crippen molar-refractivity contribution in [1.29, 1.82) is 0 Å². The van der Waals surface area contributed by atoms with E-state index in [0.29, 0.717) is 19.1 Å². The van der Waals surface area contributed by atoms with Crippen LogP contribution in [-0.2, 0) is 9.53 Å². The Bertz CT molecular complexity index is 516. The van der Waals surface area contributed by atoms with E-state index in [1.165, 1.54) is 0 Å². The van der Waals surface area contributed by atoms with Crippen molar-refractivity contribution in [1.82, 2.24) is 19.8 Å². The number of likely N-dealkylation sites (tertiary alicyclic amines) is 1. The summed E-state index contributed by atoms with van der Waals surface area (Å²) in [6, 6.07) is 1.97. The topological polar surface area (TPSA) is 58.6 Å². The van der Waals surface area contributed by atoms with Gasteiger partial charge in [0.1, 0.15) is 6.33 Å². The van der Waals surface area contributed by atoms with E-state index in [1.807, 2.05) is 24.9 Å². The van der Waals surface area contributed by atoms with E-state index in [1.54, 1.807) is 12.5 Å². The number of hydrogen-bond acceptors (Lipinski definition) is 5. The molecule has 3 rings (SSSR count). The van der Waals surface area contributed by atoms with E-state index in [0.717, 1.165) is 38.2 Å². The standard InChI is InChI=1S/C16H24N4O2/c1-16(11-19(2)9-10-22-16)15(21)20-7-4-13(5-8-20)14-3-6-17-12-18-14/h3,6,12-13H,4-5,7-11H2,1-2H3. The van der Waals surface area contributed by atoms with E-state index in [9.17, 15) is 4.79 Å². The third kappa shape index (κ3) is 3.13. The molecule has 2 fully saturated rings. The van der Waals surface area contributed by atoms with Gasteiger partial charge in [-0.25, -0.2) is 9.97 Å². The fraction of sp³-hybridized carbons (Fsp3) is 0.688. The highest BCUT2D eigenvalue weighted by Gasteiger charge is 2.41. The summed E-state index contributed by atoms with van der Waals surface area (Å²) in [5.41, 5.74) is 0.385. The van der Waals surface area contributed by atoms with Crippen LogP contribution in [0.4, 0.5) is 0 Å². The molecule has 6 heteroatoms. The Morgan fingerprint density at radius 1 is 1.36 bits per heavy atom. The molecule has 1 aromatic heterocycles. The molecule has 0 bridgehead atoms. The third-order valence-corrected chi connectivity index (χ3v) is 4.72. The number of aromatic nitrogens is 2. The Morgan fingerprint density at radius 3 is 2.77 bits per heavy atom. The van der Waals surface area contributed by atoms with Gasteiger partial charge in [-0.3, -0.25) is 4.79 Å². The number of carbonyl (C=O) groups is 1. The lowest BCUT2D eigenvalue weighted by molar-refractivity contribution is -0.167. The Balaban J connectivity index is 1.60. The highest BCUT2D eigenvalue weighted by atomic mass is 16.5. The largest absolute Gasteiger partial charge is 0.363 e. The number of ether oxygens (including phenoxy) is 1. The minimum atomic E-state index is -0.700. The summed E-state index contributed by atoms with van der Waals surface area (Å²) in [6.07, 6.45) is 5.29. The van der Waals surface area contributed by atoms with Crippen LogP contribution < -0.4 is 0 Å². The molecule has 120 valence electrons. The van der Waals surface area contributed by atoms with Crippen LogP contribution in [0, 0.1) is 0 Å². The lowest BCUT2D eigenvalue weighted by Crippen LogP contribution is -2.59. The Morgan fingerprint density at radius 2 is 2.14 bits per heavy atom. The maximum atomic E-state index is 12.8. The molecule has 0 spiro atoms. The number of amides is 1. The summed E-state index contributed by atoms with van der Waals surface area (Å²) in [5, 5.41) is 0. The molecule has 0 N–H and O–H groups in total. The van der Waals surface area contributed by atoms with Crippen LogP contribution in [-0.4, -0.2) is 71.1 Å². The van der Waals surface area contributed by atoms with Gasteiger partial charge in [0.25, 0.3) is 5.91 Å². The number of piperidine rings is 1. The number of morpholine rings is 1. The van der Waals surface area contributed by atoms with Crippen LogP contribution >= 0.6 is 0 Å². The van der Waals surface area contributed by atoms with Gasteiger partial charge in [0, 0.05) is 44.0 Å². The molecular formula is C16H24N4O2. The molecule has 1 aromatic rings. The third-order valence-electron chi connectivity index (χ3n) is 4.72. The Hall–Kier alpha value is -1.53. The molecule has 6 nitrogen and oxygen atoms in total. The number of carbonyl (C=O) groups excluding carboxylic acids is 1. The minimum Gasteiger partial charge on any atom is -0.363 e. The van der Waals surface area contributed by atoms with Crippen molar-refractivity contribution in [3.63, 3.8) is 0 Å². The summed E-state index contributed by atoms with van der Waals surface area (Å²) in [7, 11) is 2.04. The first-order valence-corrected chi connectivity index (χ1v) is 7.96. The molecule has 22 heavy (non-hydrogen) atoms. The normalized spacial score (nSPS) is 27.8. The number of nitrogens with zero attached hydrogens (tertiary/aromatic N) is 4. The lowest BCUT2D eigenvalue weighted by atomic mass is 9.92. The fourth-order valence-corrected chi connectivity index (χ4v) is 3.45. The molecule has 2 saturated heterocycles. The molecule has 2 aliphatic rings. The molecule has 1 amide bonds. The molecule has 1 atom stereocenters. The second kappa shape index (κ2) is 6.30. The molecule has 0 aliphatic carbocycles. The van der Waals surface area contributed by atoms with Gasteiger partial charge < -0.3 is 14.5 Å². The van der Waals surface area contributed by atoms with E-state index < -0.39 is 5.60 Å². The van der Waals surface area contributed by atoms with Crippen molar-refractivity contribution in [3.05, 3.63) is 24.3 Å². The predicted octanol–water partition coefficient (Wildman–Crippen LogP) is 0.903. The molecule has 1 unspecified atom stereocenters. The second-order valence-corrected chi connectivity index (χ2v) is 6.52. The number of hydrogen-bond donors (Lipinski definition) is 0. The van der Waals surface area contributed by atoms with E-state index in [4.69, 9.17) is 4.74 Å². The van der Waals surface area contributed by atoms with Gasteiger partial charge in [0.05, 0.1) is 6.61 Å². The van der Waals surface area contributed by atoms with Gasteiger partial charge in [-0.05, 0) is 32.9 Å². The quantitative estimate of drug-likeness (QED) is 0.812. The van der Waals surface area contributed by atoms with E-state index in [2.05, 4.69) is 14.9 Å². The van der Waals surface area contributed by atoms with Crippen molar-refractivity contribution in [2.75, 3.05) is 39.8 Å². The first-order valence-electron chi connectivity index (χ1n) is 7.96. The van der Waals surface area contributed by atoms with Gasteiger partial charge in [0.2, 0.25) is 0 Å². The minimum absolute atomic E-state index is 0.125. The van der Waals surface area contributed by atoms with Crippen LogP contribution in [0.25, 0.3) is 0 Å². The van der Waals surface area contributed by atoms with Crippen LogP contribution in [0.3, 0.4) is 0 Å². The maximum Gasteiger partial charge on any atom is 0.255 e. The van der Waals surface area contributed by atoms with E-state index in [-0.39, 0.29) is 5.91 Å². The van der Waals surface area contributed by atoms with E-state index >= 15 is 0 Å². The summed E-state index contributed by atoms with van der Waals surface area (Å²) in [6.45, 7) is 5.64. The smallest absolute Gasteiger partial charge is 0.255 e. The van der Waals surface area contributed by atoms with Crippen molar-refractivity contribution in [2.24, 2.45) is 0 Å². The van der Waals surface area contributed by atoms with Gasteiger partial charge in [-0.1, -0.05) is 0 Å². The molecule has 2 aliphatic heterocycles. The molecule has 3 heterocycles. The summed E-state index contributed by atoms with van der Waals surface area (Å²) in [4.78, 5) is 25.2. The first-order chi connectivity index (χ1) is 10.6. The molecule has 0 aromatic carbocycles. The monoisotopic (exact) mass is 304 g/mol. The van der Waals surface area contributed by atoms with Gasteiger partial charge in [-0.2, -0.15) is 0 Å². The molecule has 0 radical (unpaired) electrons.